The Labute approximate surface area is 277 Å². The van der Waals surface area contributed by atoms with E-state index in [4.69, 9.17) is 9.47 Å². The monoisotopic (exact) mass is 654 g/mol. The first-order chi connectivity index (χ1) is 23.4. The molecular formula is C35H38N6O7. The molecule has 1 aromatic heterocycles. The van der Waals surface area contributed by atoms with E-state index in [0.29, 0.717) is 18.4 Å². The molecule has 0 unspecified atom stereocenters. The van der Waals surface area contributed by atoms with Crippen LogP contribution >= 0.6 is 0 Å². The number of cyclic esters (lactones) is 1. The number of nitrogens with one attached hydrogen (secondary N) is 1. The summed E-state index contributed by atoms with van der Waals surface area (Å²) in [5.74, 6) is -3.75. The first-order valence-electron chi connectivity index (χ1n) is 16.4. The van der Waals surface area contributed by atoms with Crippen molar-refractivity contribution in [2.24, 2.45) is 11.8 Å². The number of esters is 1. The fraction of sp³-hybridized carbons (Fsp3) is 0.429. The van der Waals surface area contributed by atoms with Crippen LogP contribution in [0.3, 0.4) is 0 Å². The second-order valence-electron chi connectivity index (χ2n) is 12.6. The van der Waals surface area contributed by atoms with Crippen molar-refractivity contribution in [3.05, 3.63) is 84.5 Å². The molecule has 13 heteroatoms. The molecule has 48 heavy (non-hydrogen) atoms. The van der Waals surface area contributed by atoms with Gasteiger partial charge in [0.25, 0.3) is 5.91 Å². The highest BCUT2D eigenvalue weighted by Gasteiger charge is 2.72. The molecule has 0 saturated carbocycles. The van der Waals surface area contributed by atoms with Crippen LogP contribution in [0.2, 0.25) is 0 Å². The molecule has 5 heterocycles. The molecule has 2 aromatic carbocycles. The number of nitrogens with zero attached hydrogens (tertiary/aromatic N) is 5. The summed E-state index contributed by atoms with van der Waals surface area (Å²) in [7, 11) is 0. The molecule has 2 N–H and O–H groups in total. The van der Waals surface area contributed by atoms with Gasteiger partial charge in [-0.05, 0) is 30.5 Å². The van der Waals surface area contributed by atoms with Crippen molar-refractivity contribution in [3.63, 3.8) is 0 Å². The number of ether oxygens (including phenoxy) is 2. The highest BCUT2D eigenvalue weighted by Crippen LogP contribution is 2.53. The molecule has 3 amide bonds. The van der Waals surface area contributed by atoms with Crippen molar-refractivity contribution in [2.45, 2.75) is 62.7 Å². The molecule has 0 aliphatic carbocycles. The highest BCUT2D eigenvalue weighted by atomic mass is 16.5. The predicted molar refractivity (Wildman–Crippen MR) is 171 cm³/mol. The number of aliphatic hydroxyl groups is 1. The van der Waals surface area contributed by atoms with Crippen LogP contribution in [0.4, 0.5) is 0 Å². The second kappa shape index (κ2) is 13.0. The third-order valence-corrected chi connectivity index (χ3v) is 9.89. The zero-order valence-electron chi connectivity index (χ0n) is 26.6. The average molecular weight is 655 g/mol. The van der Waals surface area contributed by atoms with Gasteiger partial charge < -0.3 is 29.7 Å². The molecule has 1 spiro atoms. The van der Waals surface area contributed by atoms with Gasteiger partial charge >= 0.3 is 5.97 Å². The third kappa shape index (κ3) is 5.36. The van der Waals surface area contributed by atoms with Gasteiger partial charge in [0.1, 0.15) is 30.4 Å². The third-order valence-electron chi connectivity index (χ3n) is 9.89. The van der Waals surface area contributed by atoms with Crippen LogP contribution in [0.5, 0.6) is 0 Å². The van der Waals surface area contributed by atoms with E-state index in [1.54, 1.807) is 33.9 Å². The zero-order chi connectivity index (χ0) is 33.4. The van der Waals surface area contributed by atoms with Gasteiger partial charge in [-0.25, -0.2) is 4.68 Å². The lowest BCUT2D eigenvalue weighted by Crippen LogP contribution is -2.58. The van der Waals surface area contributed by atoms with E-state index in [1.165, 1.54) is 4.90 Å². The smallest absolute Gasteiger partial charge is 0.306 e. The van der Waals surface area contributed by atoms with Gasteiger partial charge in [-0.15, -0.1) is 5.10 Å². The maximum Gasteiger partial charge on any atom is 0.306 e. The summed E-state index contributed by atoms with van der Waals surface area (Å²) in [5.41, 5.74) is 0.671. The Morgan fingerprint density at radius 1 is 1.04 bits per heavy atom. The van der Waals surface area contributed by atoms with E-state index < -0.39 is 59.5 Å². The van der Waals surface area contributed by atoms with Gasteiger partial charge in [0, 0.05) is 13.0 Å². The largest absolute Gasteiger partial charge is 0.463 e. The molecule has 0 bridgehead atoms. The Morgan fingerprint density at radius 2 is 1.83 bits per heavy atom. The first kappa shape index (κ1) is 31.7. The Balaban J connectivity index is 1.29. The minimum Gasteiger partial charge on any atom is -0.463 e. The van der Waals surface area contributed by atoms with Crippen molar-refractivity contribution in [2.75, 3.05) is 19.8 Å². The van der Waals surface area contributed by atoms with Crippen molar-refractivity contribution < 1.29 is 33.8 Å². The number of para-hydroxylation sites is 1. The van der Waals surface area contributed by atoms with Gasteiger partial charge in [0.05, 0.1) is 42.1 Å². The number of rotatable bonds is 6. The maximum atomic E-state index is 14.7. The summed E-state index contributed by atoms with van der Waals surface area (Å²) in [6.45, 7) is 1.66. The van der Waals surface area contributed by atoms with Crippen LogP contribution < -0.4 is 5.32 Å². The normalized spacial score (nSPS) is 30.4. The number of amides is 3. The number of hydrogen-bond donors (Lipinski definition) is 2. The van der Waals surface area contributed by atoms with Crippen LogP contribution in [-0.2, 0) is 35.3 Å². The number of carbonyl (C=O) groups excluding carboxylic acids is 4. The number of aliphatic hydroxyl groups excluding tert-OH is 1. The zero-order valence-corrected chi connectivity index (χ0v) is 26.6. The quantitative estimate of drug-likeness (QED) is 0.299. The van der Waals surface area contributed by atoms with Crippen LogP contribution in [-0.4, -0.2) is 97.1 Å². The Kier molecular flexibility index (Phi) is 8.56. The molecule has 7 atom stereocenters. The van der Waals surface area contributed by atoms with Crippen molar-refractivity contribution in [1.82, 2.24) is 30.1 Å². The summed E-state index contributed by atoms with van der Waals surface area (Å²) in [6.07, 6.45) is 7.02. The number of benzene rings is 2. The summed E-state index contributed by atoms with van der Waals surface area (Å²) in [4.78, 5) is 59.3. The van der Waals surface area contributed by atoms with Crippen molar-refractivity contribution in [1.29, 1.82) is 0 Å². The second-order valence-corrected chi connectivity index (χ2v) is 12.6. The molecule has 2 fully saturated rings. The van der Waals surface area contributed by atoms with Crippen LogP contribution in [0.15, 0.2) is 78.9 Å². The summed E-state index contributed by atoms with van der Waals surface area (Å²) < 4.78 is 14.0. The van der Waals surface area contributed by atoms with E-state index in [2.05, 4.69) is 15.6 Å². The highest BCUT2D eigenvalue weighted by molar-refractivity contribution is 6.00. The molecular weight excluding hydrogens is 616 g/mol. The van der Waals surface area contributed by atoms with E-state index in [-0.39, 0.29) is 38.8 Å². The summed E-state index contributed by atoms with van der Waals surface area (Å²) >= 11 is 0. The summed E-state index contributed by atoms with van der Waals surface area (Å²) in [6, 6.07) is 14.1. The number of allylic oxidation sites excluding steroid dienone is 1. The lowest BCUT2D eigenvalue weighted by Gasteiger charge is -2.38. The number of likely N-dealkylation sites (tertiary alicyclic amines) is 1. The number of fused-ring (bicyclic) bond motifs is 3. The molecule has 13 nitrogen and oxygen atoms in total. The van der Waals surface area contributed by atoms with Crippen LogP contribution in [0.25, 0.3) is 11.0 Å². The van der Waals surface area contributed by atoms with Gasteiger partial charge in [-0.1, -0.05) is 78.9 Å². The fourth-order valence-electron chi connectivity index (χ4n) is 7.54. The number of hydrogen-bond acceptors (Lipinski definition) is 9. The molecule has 3 aromatic rings. The van der Waals surface area contributed by atoms with Gasteiger partial charge in [-0.2, -0.15) is 0 Å². The predicted octanol–water partition coefficient (Wildman–Crippen LogP) is 1.89. The Morgan fingerprint density at radius 3 is 2.62 bits per heavy atom. The minimum atomic E-state index is -1.50. The average Bonchev–Trinajstić information content (AvgIpc) is 3.70. The lowest BCUT2D eigenvalue weighted by molar-refractivity contribution is -0.152. The minimum absolute atomic E-state index is 0.0684. The van der Waals surface area contributed by atoms with E-state index in [1.807, 2.05) is 61.5 Å². The SMILES string of the molecule is CC[C@@H](CO)N1C(=O)[C@@H]2[C@H]3C(=O)N[C@H](c4ccccc4)COC(=O)CC/C=C\[C@H]3O[C@@]23C=CCN(Cn2nnc4ccccc42)C(=O)[C@@H]13. The Bertz CT molecular complexity index is 1770. The van der Waals surface area contributed by atoms with E-state index in [9.17, 15) is 24.3 Å². The molecule has 2 saturated heterocycles. The molecule has 7 rings (SSSR count). The number of aromatic nitrogens is 3. The molecule has 0 radical (unpaired) electrons. The number of carbonyl (C=O) groups is 4. The van der Waals surface area contributed by atoms with Crippen LogP contribution in [0, 0.1) is 11.8 Å². The van der Waals surface area contributed by atoms with Gasteiger partial charge in [0.2, 0.25) is 11.8 Å². The topological polar surface area (TPSA) is 156 Å². The van der Waals surface area contributed by atoms with E-state index >= 15 is 0 Å². The molecule has 4 aliphatic heterocycles. The Hall–Kier alpha value is -4.88. The standard InChI is InChI=1S/C35H38N6O7/c1-2-23(19-42)41-31-34(46)39(21-40-26-14-7-6-13-24(26)37-38-40)18-10-17-35(31)30(33(41)45)29-27(48-35)15-8-9-16-28(43)47-20-25(36-32(29)44)22-11-4-3-5-12-22/h3-8,10-15,17,23,25,27,29-31,42H,2,9,16,18-21H2,1H3,(H,36,44)/b15-8-/t23-,25-,27+,29-,30-,31+,35-/m0/s1. The lowest BCUT2D eigenvalue weighted by atomic mass is 9.77. The maximum absolute atomic E-state index is 14.7. The van der Waals surface area contributed by atoms with Crippen LogP contribution in [0.1, 0.15) is 37.8 Å². The molecule has 250 valence electrons. The first-order valence-corrected chi connectivity index (χ1v) is 16.4. The van der Waals surface area contributed by atoms with Crippen molar-refractivity contribution in [3.8, 4) is 0 Å². The fourth-order valence-corrected chi connectivity index (χ4v) is 7.54. The van der Waals surface area contributed by atoms with Gasteiger partial charge in [-0.3, -0.25) is 19.2 Å². The molecule has 4 aliphatic rings. The summed E-state index contributed by atoms with van der Waals surface area (Å²) in [5, 5.41) is 22.0. The van der Waals surface area contributed by atoms with Gasteiger partial charge in [0.15, 0.2) is 0 Å². The van der Waals surface area contributed by atoms with E-state index in [0.717, 1.165) is 11.1 Å². The van der Waals surface area contributed by atoms with Crippen molar-refractivity contribution >= 4 is 34.7 Å².